The van der Waals surface area contributed by atoms with Gasteiger partial charge >= 0.3 is 0 Å². The first kappa shape index (κ1) is 13.5. The van der Waals surface area contributed by atoms with E-state index in [0.717, 1.165) is 32.7 Å². The van der Waals surface area contributed by atoms with Gasteiger partial charge in [-0.3, -0.25) is 9.80 Å². The molecule has 1 atom stereocenters. The lowest BCUT2D eigenvalue weighted by Gasteiger charge is -2.35. The molecule has 17 heavy (non-hydrogen) atoms. The standard InChI is InChI=1S/C12H20BrN3S/c1-15(8-12-5-10(13)9-17-12)7-11-6-14-3-4-16(11)2/h5,9,11,14H,3-4,6-8H2,1-2H3. The Hall–Kier alpha value is 0.0600. The molecule has 1 aliphatic heterocycles. The zero-order valence-electron chi connectivity index (χ0n) is 10.4. The molecular formula is C12H20BrN3S. The first-order valence-corrected chi connectivity index (χ1v) is 7.65. The fraction of sp³-hybridized carbons (Fsp3) is 0.667. The summed E-state index contributed by atoms with van der Waals surface area (Å²) in [5.74, 6) is 0. The average Bonchev–Trinajstić information content (AvgIpc) is 2.67. The Labute approximate surface area is 116 Å². The van der Waals surface area contributed by atoms with E-state index in [1.807, 2.05) is 11.3 Å². The molecule has 0 amide bonds. The highest BCUT2D eigenvalue weighted by Crippen LogP contribution is 2.21. The first-order chi connectivity index (χ1) is 8.15. The number of likely N-dealkylation sites (N-methyl/N-ethyl adjacent to an activating group) is 2. The second kappa shape index (κ2) is 6.29. The Kier molecular flexibility index (Phi) is 4.99. The van der Waals surface area contributed by atoms with E-state index < -0.39 is 0 Å². The highest BCUT2D eigenvalue weighted by atomic mass is 79.9. The number of halogens is 1. The second-order valence-electron chi connectivity index (χ2n) is 4.77. The number of nitrogens with zero attached hydrogens (tertiary/aromatic N) is 2. The molecule has 0 saturated carbocycles. The van der Waals surface area contributed by atoms with Crippen LogP contribution >= 0.6 is 27.3 Å². The van der Waals surface area contributed by atoms with E-state index >= 15 is 0 Å². The summed E-state index contributed by atoms with van der Waals surface area (Å²) in [7, 11) is 4.43. The van der Waals surface area contributed by atoms with Gasteiger partial charge in [0.15, 0.2) is 0 Å². The van der Waals surface area contributed by atoms with Gasteiger partial charge in [-0.1, -0.05) is 0 Å². The van der Waals surface area contributed by atoms with Crippen LogP contribution in [0.25, 0.3) is 0 Å². The maximum Gasteiger partial charge on any atom is 0.0345 e. The van der Waals surface area contributed by atoms with Crippen LogP contribution in [0.5, 0.6) is 0 Å². The summed E-state index contributed by atoms with van der Waals surface area (Å²) in [4.78, 5) is 6.29. The summed E-state index contributed by atoms with van der Waals surface area (Å²) in [6.07, 6.45) is 0. The molecule has 0 spiro atoms. The molecule has 1 aromatic rings. The molecular weight excluding hydrogens is 298 g/mol. The van der Waals surface area contributed by atoms with Gasteiger partial charge in [-0.05, 0) is 36.1 Å². The van der Waals surface area contributed by atoms with E-state index in [9.17, 15) is 0 Å². The third kappa shape index (κ3) is 4.03. The predicted molar refractivity (Wildman–Crippen MR) is 77.6 cm³/mol. The van der Waals surface area contributed by atoms with Gasteiger partial charge in [-0.15, -0.1) is 11.3 Å². The smallest absolute Gasteiger partial charge is 0.0345 e. The highest BCUT2D eigenvalue weighted by molar-refractivity contribution is 9.10. The number of hydrogen-bond donors (Lipinski definition) is 1. The van der Waals surface area contributed by atoms with Crippen LogP contribution in [0.4, 0.5) is 0 Å². The molecule has 1 N–H and O–H groups in total. The van der Waals surface area contributed by atoms with E-state index in [4.69, 9.17) is 0 Å². The van der Waals surface area contributed by atoms with E-state index in [1.54, 1.807) is 0 Å². The van der Waals surface area contributed by atoms with Crippen molar-refractivity contribution in [1.29, 1.82) is 0 Å². The molecule has 3 nitrogen and oxygen atoms in total. The number of nitrogens with one attached hydrogen (secondary N) is 1. The first-order valence-electron chi connectivity index (χ1n) is 5.97. The van der Waals surface area contributed by atoms with Crippen LogP contribution in [-0.2, 0) is 6.54 Å². The summed E-state index contributed by atoms with van der Waals surface area (Å²) in [5, 5.41) is 5.62. The molecule has 0 radical (unpaired) electrons. The summed E-state index contributed by atoms with van der Waals surface area (Å²) in [5.41, 5.74) is 0. The molecule has 2 heterocycles. The molecule has 1 unspecified atom stereocenters. The van der Waals surface area contributed by atoms with Crippen molar-refractivity contribution in [3.8, 4) is 0 Å². The fourth-order valence-electron chi connectivity index (χ4n) is 2.19. The van der Waals surface area contributed by atoms with Crippen molar-refractivity contribution in [2.45, 2.75) is 12.6 Å². The van der Waals surface area contributed by atoms with Crippen molar-refractivity contribution in [1.82, 2.24) is 15.1 Å². The van der Waals surface area contributed by atoms with Gasteiger partial charge in [0.25, 0.3) is 0 Å². The van der Waals surface area contributed by atoms with Gasteiger partial charge in [-0.25, -0.2) is 0 Å². The van der Waals surface area contributed by atoms with Gasteiger partial charge in [0.1, 0.15) is 0 Å². The lowest BCUT2D eigenvalue weighted by Crippen LogP contribution is -2.53. The minimum absolute atomic E-state index is 0.636. The topological polar surface area (TPSA) is 18.5 Å². The molecule has 5 heteroatoms. The molecule has 96 valence electrons. The van der Waals surface area contributed by atoms with Gasteiger partial charge in [0, 0.05) is 53.5 Å². The molecule has 0 bridgehead atoms. The minimum Gasteiger partial charge on any atom is -0.314 e. The normalized spacial score (nSPS) is 22.2. The SMILES string of the molecule is CN(Cc1cc(Br)cs1)CC1CNCCN1C. The predicted octanol–water partition coefficient (Wildman–Crippen LogP) is 1.85. The van der Waals surface area contributed by atoms with Crippen LogP contribution in [0.2, 0.25) is 0 Å². The highest BCUT2D eigenvalue weighted by Gasteiger charge is 2.19. The molecule has 1 fully saturated rings. The zero-order chi connectivity index (χ0) is 12.3. The van der Waals surface area contributed by atoms with E-state index in [-0.39, 0.29) is 0 Å². The number of piperazine rings is 1. The van der Waals surface area contributed by atoms with E-state index in [1.165, 1.54) is 9.35 Å². The number of hydrogen-bond acceptors (Lipinski definition) is 4. The monoisotopic (exact) mass is 317 g/mol. The lowest BCUT2D eigenvalue weighted by atomic mass is 10.2. The Bertz CT molecular complexity index is 355. The molecule has 2 rings (SSSR count). The third-order valence-electron chi connectivity index (χ3n) is 3.21. The van der Waals surface area contributed by atoms with Crippen molar-refractivity contribution in [3.63, 3.8) is 0 Å². The van der Waals surface area contributed by atoms with Crippen LogP contribution in [0.15, 0.2) is 15.9 Å². The van der Waals surface area contributed by atoms with Crippen molar-refractivity contribution >= 4 is 27.3 Å². The largest absolute Gasteiger partial charge is 0.314 e. The van der Waals surface area contributed by atoms with Gasteiger partial charge < -0.3 is 5.32 Å². The van der Waals surface area contributed by atoms with E-state index in [0.29, 0.717) is 6.04 Å². The van der Waals surface area contributed by atoms with Crippen molar-refractivity contribution in [2.75, 3.05) is 40.3 Å². The van der Waals surface area contributed by atoms with E-state index in [2.05, 4.69) is 56.6 Å². The summed E-state index contributed by atoms with van der Waals surface area (Å²) >= 11 is 5.33. The fourth-order valence-corrected chi connectivity index (χ4v) is 3.72. The Morgan fingerprint density at radius 3 is 3.12 bits per heavy atom. The van der Waals surface area contributed by atoms with Crippen LogP contribution in [0.3, 0.4) is 0 Å². The van der Waals surface area contributed by atoms with Gasteiger partial charge in [0.05, 0.1) is 0 Å². The molecule has 0 aliphatic carbocycles. The number of thiophene rings is 1. The van der Waals surface area contributed by atoms with Crippen molar-refractivity contribution in [2.24, 2.45) is 0 Å². The maximum atomic E-state index is 3.50. The maximum absolute atomic E-state index is 3.50. The zero-order valence-corrected chi connectivity index (χ0v) is 12.9. The quantitative estimate of drug-likeness (QED) is 0.914. The van der Waals surface area contributed by atoms with Crippen LogP contribution < -0.4 is 5.32 Å². The second-order valence-corrected chi connectivity index (χ2v) is 6.68. The summed E-state index contributed by atoms with van der Waals surface area (Å²) < 4.78 is 1.20. The van der Waals surface area contributed by atoms with Crippen LogP contribution in [0.1, 0.15) is 4.88 Å². The summed E-state index contributed by atoms with van der Waals surface area (Å²) in [6, 6.07) is 2.85. The van der Waals surface area contributed by atoms with Crippen molar-refractivity contribution < 1.29 is 0 Å². The van der Waals surface area contributed by atoms with Gasteiger partial charge in [-0.2, -0.15) is 0 Å². The molecule has 1 saturated heterocycles. The molecule has 0 aromatic carbocycles. The van der Waals surface area contributed by atoms with Crippen LogP contribution in [0, 0.1) is 0 Å². The third-order valence-corrected chi connectivity index (χ3v) is 4.90. The molecule has 1 aliphatic rings. The summed E-state index contributed by atoms with van der Waals surface area (Å²) in [6.45, 7) is 5.55. The Morgan fingerprint density at radius 1 is 1.65 bits per heavy atom. The lowest BCUT2D eigenvalue weighted by molar-refractivity contribution is 0.150. The Balaban J connectivity index is 1.82. The minimum atomic E-state index is 0.636. The number of rotatable bonds is 4. The van der Waals surface area contributed by atoms with Gasteiger partial charge in [0.2, 0.25) is 0 Å². The Morgan fingerprint density at radius 2 is 2.47 bits per heavy atom. The van der Waals surface area contributed by atoms with Crippen molar-refractivity contribution in [3.05, 3.63) is 20.8 Å². The average molecular weight is 318 g/mol. The van der Waals surface area contributed by atoms with Crippen LogP contribution in [-0.4, -0.2) is 56.1 Å². The molecule has 1 aromatic heterocycles.